The molecular weight excluding hydrogens is 308 g/mol. The van der Waals surface area contributed by atoms with Crippen molar-refractivity contribution in [2.45, 2.75) is 39.8 Å². The molecule has 0 bridgehead atoms. The zero-order valence-electron chi connectivity index (χ0n) is 13.8. The van der Waals surface area contributed by atoms with Gasteiger partial charge in [-0.1, -0.05) is 29.8 Å². The van der Waals surface area contributed by atoms with Gasteiger partial charge in [0.15, 0.2) is 0 Å². The summed E-state index contributed by atoms with van der Waals surface area (Å²) in [6.45, 7) is 7.70. The Bertz CT molecular complexity index is 695. The SMILES string of the molecule is Cc1ccc(C)c(C(C)NC(=O)C(C)NC(=O)c2cccs2)c1. The summed E-state index contributed by atoms with van der Waals surface area (Å²) in [4.78, 5) is 24.9. The van der Waals surface area contributed by atoms with Gasteiger partial charge in [0.2, 0.25) is 5.91 Å². The topological polar surface area (TPSA) is 58.2 Å². The van der Waals surface area contributed by atoms with Crippen molar-refractivity contribution in [2.75, 3.05) is 0 Å². The number of carbonyl (C=O) groups excluding carboxylic acids is 2. The zero-order valence-corrected chi connectivity index (χ0v) is 14.7. The molecule has 0 aliphatic carbocycles. The van der Waals surface area contributed by atoms with Gasteiger partial charge in [0, 0.05) is 0 Å². The van der Waals surface area contributed by atoms with Crippen LogP contribution in [0, 0.1) is 13.8 Å². The maximum absolute atomic E-state index is 12.3. The lowest BCUT2D eigenvalue weighted by atomic mass is 10.00. The first-order valence-electron chi connectivity index (χ1n) is 7.60. The Hall–Kier alpha value is -2.14. The molecule has 0 fully saturated rings. The zero-order chi connectivity index (χ0) is 17.0. The molecular formula is C18H22N2O2S. The predicted octanol–water partition coefficient (Wildman–Crippen LogP) is 3.36. The Morgan fingerprint density at radius 2 is 1.83 bits per heavy atom. The molecule has 2 N–H and O–H groups in total. The predicted molar refractivity (Wildman–Crippen MR) is 93.7 cm³/mol. The maximum Gasteiger partial charge on any atom is 0.261 e. The number of thiophene rings is 1. The molecule has 0 aliphatic rings. The highest BCUT2D eigenvalue weighted by Gasteiger charge is 2.19. The smallest absolute Gasteiger partial charge is 0.261 e. The first-order valence-corrected chi connectivity index (χ1v) is 8.48. The third-order valence-electron chi connectivity index (χ3n) is 3.75. The van der Waals surface area contributed by atoms with Gasteiger partial charge < -0.3 is 10.6 Å². The number of carbonyl (C=O) groups is 2. The van der Waals surface area contributed by atoms with E-state index in [1.165, 1.54) is 11.3 Å². The standard InChI is InChI=1S/C18H22N2O2S/c1-11-7-8-12(2)15(10-11)13(3)19-17(21)14(4)20-18(22)16-6-5-9-23-16/h5-10,13-14H,1-4H3,(H,19,21)(H,20,22). The lowest BCUT2D eigenvalue weighted by Crippen LogP contribution is -2.45. The Morgan fingerprint density at radius 1 is 1.09 bits per heavy atom. The van der Waals surface area contributed by atoms with Crippen molar-refractivity contribution in [1.82, 2.24) is 10.6 Å². The number of rotatable bonds is 5. The van der Waals surface area contributed by atoms with E-state index >= 15 is 0 Å². The van der Waals surface area contributed by atoms with Crippen LogP contribution in [-0.2, 0) is 4.79 Å². The summed E-state index contributed by atoms with van der Waals surface area (Å²) in [7, 11) is 0. The van der Waals surface area contributed by atoms with Crippen molar-refractivity contribution in [3.8, 4) is 0 Å². The van der Waals surface area contributed by atoms with Gasteiger partial charge in [-0.05, 0) is 50.3 Å². The second-order valence-corrected chi connectivity index (χ2v) is 6.71. The van der Waals surface area contributed by atoms with Gasteiger partial charge in [-0.3, -0.25) is 9.59 Å². The molecule has 122 valence electrons. The Balaban J connectivity index is 1.97. The Kier molecular flexibility index (Phi) is 5.55. The average molecular weight is 330 g/mol. The van der Waals surface area contributed by atoms with Gasteiger partial charge in [-0.15, -0.1) is 11.3 Å². The van der Waals surface area contributed by atoms with Gasteiger partial charge >= 0.3 is 0 Å². The van der Waals surface area contributed by atoms with E-state index in [2.05, 4.69) is 28.8 Å². The van der Waals surface area contributed by atoms with Crippen molar-refractivity contribution < 1.29 is 9.59 Å². The largest absolute Gasteiger partial charge is 0.348 e. The fourth-order valence-electron chi connectivity index (χ4n) is 2.38. The average Bonchev–Trinajstić information content (AvgIpc) is 3.03. The van der Waals surface area contributed by atoms with Crippen LogP contribution in [0.25, 0.3) is 0 Å². The summed E-state index contributed by atoms with van der Waals surface area (Å²) in [5.74, 6) is -0.412. The summed E-state index contributed by atoms with van der Waals surface area (Å²) in [5, 5.41) is 7.52. The Morgan fingerprint density at radius 3 is 2.48 bits per heavy atom. The number of aryl methyl sites for hydroxylation is 2. The van der Waals surface area contributed by atoms with Gasteiger partial charge in [0.25, 0.3) is 5.91 Å². The van der Waals surface area contributed by atoms with Crippen LogP contribution in [0.15, 0.2) is 35.7 Å². The molecule has 2 unspecified atom stereocenters. The van der Waals surface area contributed by atoms with E-state index in [0.717, 1.165) is 16.7 Å². The van der Waals surface area contributed by atoms with Crippen molar-refractivity contribution in [3.05, 3.63) is 57.3 Å². The van der Waals surface area contributed by atoms with Gasteiger partial charge in [-0.2, -0.15) is 0 Å². The molecule has 1 heterocycles. The molecule has 2 rings (SSSR count). The molecule has 2 amide bonds. The number of hydrogen-bond acceptors (Lipinski definition) is 3. The normalized spacial score (nSPS) is 13.2. The fraction of sp³-hybridized carbons (Fsp3) is 0.333. The minimum atomic E-state index is -0.586. The van der Waals surface area contributed by atoms with E-state index < -0.39 is 6.04 Å². The fourth-order valence-corrected chi connectivity index (χ4v) is 3.01. The molecule has 0 radical (unpaired) electrons. The van der Waals surface area contributed by atoms with Crippen LogP contribution in [0.3, 0.4) is 0 Å². The van der Waals surface area contributed by atoms with Crippen LogP contribution in [0.1, 0.15) is 46.3 Å². The van der Waals surface area contributed by atoms with Crippen molar-refractivity contribution in [3.63, 3.8) is 0 Å². The lowest BCUT2D eigenvalue weighted by molar-refractivity contribution is -0.123. The van der Waals surface area contributed by atoms with Crippen molar-refractivity contribution >= 4 is 23.2 Å². The van der Waals surface area contributed by atoms with E-state index in [1.54, 1.807) is 13.0 Å². The number of hydrogen-bond donors (Lipinski definition) is 2. The van der Waals surface area contributed by atoms with Crippen LogP contribution in [0.4, 0.5) is 0 Å². The number of nitrogens with one attached hydrogen (secondary N) is 2. The summed E-state index contributed by atoms with van der Waals surface area (Å²) < 4.78 is 0. The second kappa shape index (κ2) is 7.42. The molecule has 5 heteroatoms. The first kappa shape index (κ1) is 17.2. The number of benzene rings is 1. The molecule has 23 heavy (non-hydrogen) atoms. The first-order chi connectivity index (χ1) is 10.9. The summed E-state index contributed by atoms with van der Waals surface area (Å²) in [6, 6.07) is 9.04. The number of amides is 2. The molecule has 1 aromatic carbocycles. The third kappa shape index (κ3) is 4.42. The van der Waals surface area contributed by atoms with E-state index in [-0.39, 0.29) is 17.9 Å². The van der Waals surface area contributed by atoms with Crippen LogP contribution in [0.2, 0.25) is 0 Å². The van der Waals surface area contributed by atoms with E-state index in [4.69, 9.17) is 0 Å². The highest BCUT2D eigenvalue weighted by atomic mass is 32.1. The van der Waals surface area contributed by atoms with E-state index in [1.807, 2.05) is 32.2 Å². The minimum absolute atomic E-state index is 0.108. The van der Waals surface area contributed by atoms with Gasteiger partial charge in [0.1, 0.15) is 6.04 Å². The minimum Gasteiger partial charge on any atom is -0.348 e. The van der Waals surface area contributed by atoms with Crippen molar-refractivity contribution in [1.29, 1.82) is 0 Å². The van der Waals surface area contributed by atoms with Gasteiger partial charge in [0.05, 0.1) is 10.9 Å². The molecule has 0 spiro atoms. The molecule has 0 saturated heterocycles. The third-order valence-corrected chi connectivity index (χ3v) is 4.61. The van der Waals surface area contributed by atoms with Gasteiger partial charge in [-0.25, -0.2) is 0 Å². The molecule has 4 nitrogen and oxygen atoms in total. The maximum atomic E-state index is 12.3. The molecule has 2 aromatic rings. The summed E-state index contributed by atoms with van der Waals surface area (Å²) >= 11 is 1.36. The van der Waals surface area contributed by atoms with E-state index in [9.17, 15) is 9.59 Å². The monoisotopic (exact) mass is 330 g/mol. The van der Waals surface area contributed by atoms with Crippen LogP contribution in [0.5, 0.6) is 0 Å². The molecule has 0 saturated carbocycles. The van der Waals surface area contributed by atoms with Crippen molar-refractivity contribution in [2.24, 2.45) is 0 Å². The van der Waals surface area contributed by atoms with Crippen LogP contribution < -0.4 is 10.6 Å². The summed E-state index contributed by atoms with van der Waals surface area (Å²) in [6.07, 6.45) is 0. The molecule has 1 aromatic heterocycles. The van der Waals surface area contributed by atoms with E-state index in [0.29, 0.717) is 4.88 Å². The van der Waals surface area contributed by atoms with Crippen LogP contribution in [-0.4, -0.2) is 17.9 Å². The molecule has 2 atom stereocenters. The highest BCUT2D eigenvalue weighted by Crippen LogP contribution is 2.19. The molecule has 0 aliphatic heterocycles. The quantitative estimate of drug-likeness (QED) is 0.883. The van der Waals surface area contributed by atoms with Crippen LogP contribution >= 0.6 is 11.3 Å². The second-order valence-electron chi connectivity index (χ2n) is 5.76. The summed E-state index contributed by atoms with van der Waals surface area (Å²) in [5.41, 5.74) is 3.39. The highest BCUT2D eigenvalue weighted by molar-refractivity contribution is 7.12. The lowest BCUT2D eigenvalue weighted by Gasteiger charge is -2.20. The Labute approximate surface area is 140 Å².